The molecule has 0 fully saturated rings. The number of hydrogen-bond acceptors (Lipinski definition) is 9. The number of non-ortho nitro benzene ring substituents is 1. The number of nitro groups is 1. The van der Waals surface area contributed by atoms with Crippen LogP contribution in [0, 0.1) is 10.1 Å². The number of benzene rings is 4. The average molecular weight is 652 g/mol. The summed E-state index contributed by atoms with van der Waals surface area (Å²) in [6, 6.07) is 26.4. The Morgan fingerprint density at radius 1 is 0.935 bits per heavy atom. The third-order valence-electron chi connectivity index (χ3n) is 8.02. The van der Waals surface area contributed by atoms with Crippen molar-refractivity contribution in [3.05, 3.63) is 155 Å². The molecule has 7 rings (SSSR count). The quantitative estimate of drug-likeness (QED) is 0.138. The lowest BCUT2D eigenvalue weighted by molar-refractivity contribution is -0.384. The molecule has 2 aliphatic rings. The van der Waals surface area contributed by atoms with Crippen LogP contribution in [0.1, 0.15) is 34.7 Å². The molecule has 0 radical (unpaired) electrons. The highest BCUT2D eigenvalue weighted by Gasteiger charge is 2.32. The Labute approximate surface area is 267 Å². The fourth-order valence-electron chi connectivity index (χ4n) is 5.79. The summed E-state index contributed by atoms with van der Waals surface area (Å²) in [5.74, 6) is 0.787. The second-order valence-corrected chi connectivity index (χ2v) is 13.3. The molecule has 46 heavy (non-hydrogen) atoms. The zero-order valence-corrected chi connectivity index (χ0v) is 26.0. The summed E-state index contributed by atoms with van der Waals surface area (Å²) < 4.78 is 38.3. The number of methoxy groups -OCH3 is 1. The van der Waals surface area contributed by atoms with Crippen LogP contribution in [0.3, 0.4) is 0 Å². The molecule has 1 atom stereocenters. The molecule has 1 aromatic heterocycles. The van der Waals surface area contributed by atoms with E-state index in [0.29, 0.717) is 14.9 Å². The molecule has 2 heterocycles. The van der Waals surface area contributed by atoms with E-state index in [4.69, 9.17) is 13.9 Å². The molecule has 10 nitrogen and oxygen atoms in total. The number of thiazole rings is 1. The molecule has 0 unspecified atom stereocenters. The topological polar surface area (TPSA) is 130 Å². The zero-order chi connectivity index (χ0) is 32.0. The SMILES string of the molecule is COc1ccc([C@H]2C3=C(N=c4s/c(=C\c5ccc(OS(=O)(=O)c6ccc([N+](=O)[O-])cc6)cc5)c(=O)n42)c2ccccc2CC3)cc1. The highest BCUT2D eigenvalue weighted by Crippen LogP contribution is 2.41. The number of nitrogens with zero attached hydrogens (tertiary/aromatic N) is 3. The lowest BCUT2D eigenvalue weighted by Crippen LogP contribution is -2.38. The molecule has 0 spiro atoms. The van der Waals surface area contributed by atoms with Crippen molar-refractivity contribution in [1.29, 1.82) is 0 Å². The minimum atomic E-state index is -4.21. The van der Waals surface area contributed by atoms with Gasteiger partial charge in [0.05, 0.1) is 28.3 Å². The first-order valence-electron chi connectivity index (χ1n) is 14.3. The Hall–Kier alpha value is -5.33. The molecule has 230 valence electrons. The van der Waals surface area contributed by atoms with Gasteiger partial charge in [0.15, 0.2) is 4.80 Å². The molecule has 0 saturated heterocycles. The lowest BCUT2D eigenvalue weighted by atomic mass is 9.83. The Kier molecular flexibility index (Phi) is 7.38. The monoisotopic (exact) mass is 651 g/mol. The summed E-state index contributed by atoms with van der Waals surface area (Å²) in [4.78, 5) is 29.7. The van der Waals surface area contributed by atoms with Crippen molar-refractivity contribution in [3.8, 4) is 11.5 Å². The molecule has 0 bridgehead atoms. The first-order valence-corrected chi connectivity index (χ1v) is 16.5. The molecule has 1 aliphatic heterocycles. The summed E-state index contributed by atoms with van der Waals surface area (Å²) in [7, 11) is -2.60. The number of rotatable bonds is 7. The minimum absolute atomic E-state index is 0.0582. The fourth-order valence-corrected chi connectivity index (χ4v) is 7.72. The maximum atomic E-state index is 14.0. The largest absolute Gasteiger partial charge is 0.497 e. The molecule has 0 amide bonds. The van der Waals surface area contributed by atoms with Crippen molar-refractivity contribution < 1.29 is 22.3 Å². The third-order valence-corrected chi connectivity index (χ3v) is 10.3. The molecule has 5 aromatic rings. The summed E-state index contributed by atoms with van der Waals surface area (Å²) in [6.45, 7) is 0. The van der Waals surface area contributed by atoms with Crippen LogP contribution in [-0.2, 0) is 16.5 Å². The van der Waals surface area contributed by atoms with Gasteiger partial charge in [0.1, 0.15) is 16.4 Å². The van der Waals surface area contributed by atoms with Gasteiger partial charge >= 0.3 is 10.1 Å². The van der Waals surface area contributed by atoms with Crippen molar-refractivity contribution in [1.82, 2.24) is 4.57 Å². The van der Waals surface area contributed by atoms with Gasteiger partial charge in [-0.15, -0.1) is 0 Å². The zero-order valence-electron chi connectivity index (χ0n) is 24.3. The summed E-state index contributed by atoms with van der Waals surface area (Å²) in [6.07, 6.45) is 3.39. The van der Waals surface area contributed by atoms with Gasteiger partial charge in [0, 0.05) is 17.7 Å². The van der Waals surface area contributed by atoms with Crippen molar-refractivity contribution >= 4 is 38.9 Å². The van der Waals surface area contributed by atoms with Crippen LogP contribution in [0.25, 0.3) is 11.8 Å². The van der Waals surface area contributed by atoms with E-state index in [1.165, 1.54) is 29.0 Å². The van der Waals surface area contributed by atoms with Crippen LogP contribution >= 0.6 is 11.3 Å². The van der Waals surface area contributed by atoms with Gasteiger partial charge in [0.25, 0.3) is 11.2 Å². The minimum Gasteiger partial charge on any atom is -0.497 e. The maximum absolute atomic E-state index is 14.0. The van der Waals surface area contributed by atoms with Gasteiger partial charge in [-0.05, 0) is 77.6 Å². The third kappa shape index (κ3) is 5.31. The van der Waals surface area contributed by atoms with E-state index in [-0.39, 0.29) is 27.9 Å². The predicted molar refractivity (Wildman–Crippen MR) is 173 cm³/mol. The summed E-state index contributed by atoms with van der Waals surface area (Å²) in [5, 5.41) is 10.9. The molecule has 1 aliphatic carbocycles. The molecule has 4 aromatic carbocycles. The normalized spacial score (nSPS) is 15.8. The standard InChI is InChI=1S/C34H25N3O7S2/c1-43-25-15-8-23(9-16-25)32-29-19-10-22-4-2-3-5-28(22)31(29)35-34-36(32)33(38)30(45-34)20-21-6-13-26(14-7-21)44-46(41,42)27-17-11-24(12-18-27)37(39)40/h2-9,11-18,20,32H,10,19H2,1H3/b30-20-/t32-/m0/s1. The molecule has 0 N–H and O–H groups in total. The number of aryl methyl sites for hydroxylation is 1. The Morgan fingerprint density at radius 2 is 1.63 bits per heavy atom. The number of ether oxygens (including phenoxy) is 1. The first-order chi connectivity index (χ1) is 22.2. The van der Waals surface area contributed by atoms with Gasteiger partial charge in [-0.2, -0.15) is 8.42 Å². The van der Waals surface area contributed by atoms with Crippen LogP contribution in [-0.4, -0.2) is 25.0 Å². The van der Waals surface area contributed by atoms with Gasteiger partial charge in [0.2, 0.25) is 0 Å². The van der Waals surface area contributed by atoms with E-state index >= 15 is 0 Å². The van der Waals surface area contributed by atoms with Gasteiger partial charge in [-0.3, -0.25) is 19.5 Å². The number of allylic oxidation sites excluding steroid dienone is 1. The first kappa shape index (κ1) is 29.4. The van der Waals surface area contributed by atoms with E-state index in [9.17, 15) is 23.3 Å². The summed E-state index contributed by atoms with van der Waals surface area (Å²) >= 11 is 1.30. The number of nitro benzene ring substituents is 1. The second-order valence-electron chi connectivity index (χ2n) is 10.7. The average Bonchev–Trinajstić information content (AvgIpc) is 3.38. The molecule has 0 saturated carbocycles. The fraction of sp³-hybridized carbons (Fsp3) is 0.118. The summed E-state index contributed by atoms with van der Waals surface area (Å²) in [5.41, 5.74) is 5.55. The molecular weight excluding hydrogens is 627 g/mol. The van der Waals surface area contributed by atoms with E-state index in [0.717, 1.165) is 65.3 Å². The maximum Gasteiger partial charge on any atom is 0.339 e. The van der Waals surface area contributed by atoms with Crippen LogP contribution < -0.4 is 23.8 Å². The smallest absolute Gasteiger partial charge is 0.339 e. The van der Waals surface area contributed by atoms with Crippen molar-refractivity contribution in [2.45, 2.75) is 23.8 Å². The van der Waals surface area contributed by atoms with E-state index in [2.05, 4.69) is 12.1 Å². The van der Waals surface area contributed by atoms with Crippen LogP contribution in [0.4, 0.5) is 5.69 Å². The second kappa shape index (κ2) is 11.5. The number of fused-ring (bicyclic) bond motifs is 3. The van der Waals surface area contributed by atoms with Gasteiger partial charge < -0.3 is 8.92 Å². The number of aromatic nitrogens is 1. The lowest BCUT2D eigenvalue weighted by Gasteiger charge is -2.30. The number of hydrogen-bond donors (Lipinski definition) is 0. The van der Waals surface area contributed by atoms with Gasteiger partial charge in [-0.25, -0.2) is 4.99 Å². The Balaban J connectivity index is 1.25. The Bertz CT molecular complexity index is 2320. The predicted octanol–water partition coefficient (Wildman–Crippen LogP) is 5.00. The highest BCUT2D eigenvalue weighted by molar-refractivity contribution is 7.87. The van der Waals surface area contributed by atoms with Crippen LogP contribution in [0.2, 0.25) is 0 Å². The van der Waals surface area contributed by atoms with Crippen molar-refractivity contribution in [2.75, 3.05) is 7.11 Å². The highest BCUT2D eigenvalue weighted by atomic mass is 32.2. The van der Waals surface area contributed by atoms with Crippen molar-refractivity contribution in [3.63, 3.8) is 0 Å². The van der Waals surface area contributed by atoms with Crippen LogP contribution in [0.5, 0.6) is 11.5 Å². The molecular formula is C34H25N3O7S2. The van der Waals surface area contributed by atoms with Crippen LogP contribution in [0.15, 0.2) is 117 Å². The Morgan fingerprint density at radius 3 is 2.33 bits per heavy atom. The van der Waals surface area contributed by atoms with Gasteiger partial charge in [-0.1, -0.05) is 59.9 Å². The van der Waals surface area contributed by atoms with E-state index < -0.39 is 15.0 Å². The van der Waals surface area contributed by atoms with E-state index in [1.807, 2.05) is 36.4 Å². The molecule has 12 heteroatoms. The van der Waals surface area contributed by atoms with Crippen molar-refractivity contribution in [2.24, 2.45) is 4.99 Å². The van der Waals surface area contributed by atoms with E-state index in [1.54, 1.807) is 29.9 Å².